The van der Waals surface area contributed by atoms with E-state index in [4.69, 9.17) is 15.5 Å². The minimum absolute atomic E-state index is 0.0165. The molecule has 4 bridgehead atoms. The first-order valence-electron chi connectivity index (χ1n) is 17.0. The number of methoxy groups -OCH3 is 1. The Morgan fingerprint density at radius 3 is 2.64 bits per heavy atom. The number of hydrogen-bond acceptors (Lipinski definition) is 4. The fourth-order valence-electron chi connectivity index (χ4n) is 8.57. The van der Waals surface area contributed by atoms with Gasteiger partial charge in [-0.3, -0.25) is 4.79 Å². The van der Waals surface area contributed by atoms with E-state index in [1.807, 2.05) is 17.0 Å². The van der Waals surface area contributed by atoms with Crippen molar-refractivity contribution in [2.45, 2.75) is 57.3 Å². The van der Waals surface area contributed by atoms with E-state index in [2.05, 4.69) is 88.0 Å². The van der Waals surface area contributed by atoms with E-state index in [1.165, 1.54) is 33.2 Å². The fraction of sp³-hybridized carbons (Fsp3) is 0.300. The number of carbonyl (C=O) groups is 1. The Kier molecular flexibility index (Phi) is 6.71. The van der Waals surface area contributed by atoms with Crippen molar-refractivity contribution in [3.8, 4) is 28.4 Å². The van der Waals surface area contributed by atoms with E-state index in [9.17, 15) is 4.79 Å². The lowest BCUT2D eigenvalue weighted by Crippen LogP contribution is -2.41. The zero-order valence-corrected chi connectivity index (χ0v) is 26.7. The standard InChI is InChI=1S/C40H39N5O2/c1-47-36-22-30(40(46)44-24-29-16-17-34(44)37(29)41)20-32-38(36)45-23-25-9-8-13-27(19-25)31-14-4-2-10-26(31)11-6-7-18-43-33-15-5-3-12-28(33)21-35(43)39(45)42-32/h2-5,8-10,12-15,19-22,29,34,37H,6-7,11,16-18,23-24,41H2,1H3/t29?,34?,37-/m1/s1. The molecule has 0 spiro atoms. The molecule has 2 fully saturated rings. The molecule has 2 unspecified atom stereocenters. The van der Waals surface area contributed by atoms with Crippen molar-refractivity contribution in [3.05, 3.63) is 108 Å². The molecule has 7 heteroatoms. The van der Waals surface area contributed by atoms with Crippen molar-refractivity contribution in [1.82, 2.24) is 19.0 Å². The summed E-state index contributed by atoms with van der Waals surface area (Å²) in [6.07, 6.45) is 5.24. The van der Waals surface area contributed by atoms with E-state index in [-0.39, 0.29) is 18.0 Å². The Balaban J connectivity index is 1.25. The normalized spacial score (nSPS) is 20.6. The van der Waals surface area contributed by atoms with Crippen molar-refractivity contribution in [1.29, 1.82) is 0 Å². The van der Waals surface area contributed by atoms with Crippen LogP contribution < -0.4 is 10.5 Å². The van der Waals surface area contributed by atoms with Crippen LogP contribution in [-0.4, -0.2) is 50.7 Å². The molecule has 47 heavy (non-hydrogen) atoms. The van der Waals surface area contributed by atoms with E-state index in [1.54, 1.807) is 7.11 Å². The maximum Gasteiger partial charge on any atom is 0.254 e. The van der Waals surface area contributed by atoms with Crippen LogP contribution in [0.3, 0.4) is 0 Å². The third kappa shape index (κ3) is 4.59. The first-order valence-corrected chi connectivity index (χ1v) is 17.0. The van der Waals surface area contributed by atoms with Crippen molar-refractivity contribution < 1.29 is 9.53 Å². The zero-order valence-electron chi connectivity index (χ0n) is 26.7. The summed E-state index contributed by atoms with van der Waals surface area (Å²) in [7, 11) is 1.69. The first-order chi connectivity index (χ1) is 23.1. The van der Waals surface area contributed by atoms with Crippen LogP contribution in [0, 0.1) is 5.92 Å². The quantitative estimate of drug-likeness (QED) is 0.221. The molecule has 6 aromatic rings. The number of imidazole rings is 1. The van der Waals surface area contributed by atoms with E-state index in [0.29, 0.717) is 23.8 Å². The summed E-state index contributed by atoms with van der Waals surface area (Å²) in [5, 5.41) is 1.20. The van der Waals surface area contributed by atoms with Gasteiger partial charge < -0.3 is 24.5 Å². The number of para-hydroxylation sites is 1. The number of benzene rings is 4. The van der Waals surface area contributed by atoms with Gasteiger partial charge in [-0.2, -0.15) is 0 Å². The average molecular weight is 622 g/mol. The van der Waals surface area contributed by atoms with Gasteiger partial charge in [0.05, 0.1) is 18.3 Å². The van der Waals surface area contributed by atoms with Crippen LogP contribution in [0.25, 0.3) is 44.6 Å². The number of ether oxygens (including phenoxy) is 1. The van der Waals surface area contributed by atoms with E-state index in [0.717, 1.165) is 67.7 Å². The molecule has 1 amide bonds. The molecule has 4 heterocycles. The average Bonchev–Trinajstić information content (AvgIpc) is 3.85. The molecule has 3 atom stereocenters. The van der Waals surface area contributed by atoms with Crippen LogP contribution in [0.2, 0.25) is 0 Å². The summed E-state index contributed by atoms with van der Waals surface area (Å²) < 4.78 is 10.8. The third-order valence-corrected chi connectivity index (χ3v) is 10.9. The summed E-state index contributed by atoms with van der Waals surface area (Å²) in [6, 6.07) is 32.6. The number of aryl methyl sites for hydroxylation is 2. The lowest BCUT2D eigenvalue weighted by atomic mass is 9.95. The number of piperidine rings is 1. The number of fused-ring (bicyclic) bond motifs is 13. The smallest absolute Gasteiger partial charge is 0.254 e. The summed E-state index contributed by atoms with van der Waals surface area (Å²) in [4.78, 5) is 21.3. The van der Waals surface area contributed by atoms with Crippen LogP contribution in [-0.2, 0) is 19.5 Å². The van der Waals surface area contributed by atoms with E-state index < -0.39 is 0 Å². The summed E-state index contributed by atoms with van der Waals surface area (Å²) >= 11 is 0. The maximum atomic E-state index is 14.0. The third-order valence-electron chi connectivity index (χ3n) is 10.9. The SMILES string of the molecule is COc1cc(C(=O)N2CC3CCC2[C@@H]3N)cc2nc3n(c12)Cc1cccc(c1)-c1ccccc1CCCCn1c-3cc2ccccc21. The van der Waals surface area contributed by atoms with Crippen molar-refractivity contribution >= 4 is 27.8 Å². The van der Waals surface area contributed by atoms with Crippen LogP contribution >= 0.6 is 0 Å². The molecule has 2 N–H and O–H groups in total. The van der Waals surface area contributed by atoms with Gasteiger partial charge in [-0.1, -0.05) is 60.7 Å². The molecule has 236 valence electrons. The van der Waals surface area contributed by atoms with Crippen molar-refractivity contribution in [3.63, 3.8) is 0 Å². The van der Waals surface area contributed by atoms with Gasteiger partial charge in [-0.15, -0.1) is 0 Å². The molecular formula is C40H39N5O2. The molecule has 2 aromatic heterocycles. The van der Waals surface area contributed by atoms with E-state index >= 15 is 0 Å². The lowest BCUT2D eigenvalue weighted by molar-refractivity contribution is 0.0700. The van der Waals surface area contributed by atoms with Crippen LogP contribution in [0.1, 0.15) is 47.2 Å². The van der Waals surface area contributed by atoms with Gasteiger partial charge in [-0.25, -0.2) is 4.98 Å². The minimum atomic E-state index is 0.0165. The minimum Gasteiger partial charge on any atom is -0.494 e. The Morgan fingerprint density at radius 2 is 1.79 bits per heavy atom. The molecule has 2 aliphatic heterocycles. The van der Waals surface area contributed by atoms with Gasteiger partial charge in [-0.05, 0) is 90.6 Å². The fourth-order valence-corrected chi connectivity index (χ4v) is 8.57. The van der Waals surface area contributed by atoms with Crippen molar-refractivity contribution in [2.24, 2.45) is 11.7 Å². The first kappa shape index (κ1) is 28.4. The molecular weight excluding hydrogens is 582 g/mol. The highest BCUT2D eigenvalue weighted by atomic mass is 16.5. The highest BCUT2D eigenvalue weighted by Crippen LogP contribution is 2.40. The molecule has 4 aromatic carbocycles. The van der Waals surface area contributed by atoms with Crippen LogP contribution in [0.5, 0.6) is 5.75 Å². The molecule has 1 saturated heterocycles. The molecule has 7 nitrogen and oxygen atoms in total. The van der Waals surface area contributed by atoms with Gasteiger partial charge in [0.25, 0.3) is 5.91 Å². The van der Waals surface area contributed by atoms with Gasteiger partial charge in [0.1, 0.15) is 11.3 Å². The van der Waals surface area contributed by atoms with Gasteiger partial charge in [0.2, 0.25) is 0 Å². The Morgan fingerprint density at radius 1 is 0.915 bits per heavy atom. The number of carbonyl (C=O) groups excluding carboxylic acids is 1. The number of rotatable bonds is 2. The van der Waals surface area contributed by atoms with Crippen molar-refractivity contribution in [2.75, 3.05) is 13.7 Å². The van der Waals surface area contributed by atoms with Crippen LogP contribution in [0.15, 0.2) is 91.0 Å². The second kappa shape index (κ2) is 11.1. The predicted octanol–water partition coefficient (Wildman–Crippen LogP) is 7.28. The summed E-state index contributed by atoms with van der Waals surface area (Å²) in [6.45, 7) is 2.22. The molecule has 1 aliphatic carbocycles. The van der Waals surface area contributed by atoms with Gasteiger partial charge in [0.15, 0.2) is 5.82 Å². The molecule has 0 radical (unpaired) electrons. The largest absolute Gasteiger partial charge is 0.494 e. The summed E-state index contributed by atoms with van der Waals surface area (Å²) in [5.74, 6) is 1.94. The number of nitrogens with two attached hydrogens (primary N) is 1. The molecule has 1 saturated carbocycles. The van der Waals surface area contributed by atoms with Gasteiger partial charge >= 0.3 is 0 Å². The lowest BCUT2D eigenvalue weighted by Gasteiger charge is -2.27. The Labute approximate surface area is 274 Å². The second-order valence-electron chi connectivity index (χ2n) is 13.6. The maximum absolute atomic E-state index is 14.0. The predicted molar refractivity (Wildman–Crippen MR) is 187 cm³/mol. The highest BCUT2D eigenvalue weighted by molar-refractivity contribution is 6.00. The number of aromatic nitrogens is 3. The zero-order chi connectivity index (χ0) is 31.6. The molecule has 3 aliphatic rings. The number of nitrogens with zero attached hydrogens (tertiary/aromatic N) is 4. The number of hydrogen-bond donors (Lipinski definition) is 1. The monoisotopic (exact) mass is 621 g/mol. The molecule has 9 rings (SSSR count). The highest BCUT2D eigenvalue weighted by Gasteiger charge is 2.47. The Hall–Kier alpha value is -4.88. The second-order valence-corrected chi connectivity index (χ2v) is 13.6. The van der Waals surface area contributed by atoms with Gasteiger partial charge in [0, 0.05) is 48.2 Å². The summed E-state index contributed by atoms with van der Waals surface area (Å²) in [5.41, 5.74) is 16.1. The Bertz CT molecular complexity index is 2180. The topological polar surface area (TPSA) is 78.3 Å². The number of likely N-dealkylation sites (tertiary alicyclic amines) is 1. The number of amides is 1. The van der Waals surface area contributed by atoms with Crippen LogP contribution in [0.4, 0.5) is 0 Å².